The quantitative estimate of drug-likeness (QED) is 0.416. The molecular weight excluding hydrogens is 566 g/mol. The van der Waals surface area contributed by atoms with Gasteiger partial charge in [0.15, 0.2) is 16.7 Å². The topological polar surface area (TPSA) is 70.9 Å². The molecule has 0 spiro atoms. The van der Waals surface area contributed by atoms with Gasteiger partial charge < -0.3 is 15.2 Å². The molecule has 2 aromatic rings. The van der Waals surface area contributed by atoms with Crippen molar-refractivity contribution in [1.29, 1.82) is 0 Å². The van der Waals surface area contributed by atoms with Gasteiger partial charge in [0, 0.05) is 3.57 Å². The van der Waals surface area contributed by atoms with Crippen LogP contribution in [0, 0.1) is 7.14 Å². The van der Waals surface area contributed by atoms with Crippen LogP contribution in [0.4, 0.5) is 5.69 Å². The number of carbonyl (C=O) groups excluding carboxylic acids is 1. The summed E-state index contributed by atoms with van der Waals surface area (Å²) in [6.07, 6.45) is 1.75. The van der Waals surface area contributed by atoms with Gasteiger partial charge in [0.05, 0.1) is 21.3 Å². The number of benzene rings is 2. The molecule has 0 atom stereocenters. The molecule has 2 aromatic carbocycles. The fourth-order valence-electron chi connectivity index (χ4n) is 2.10. The maximum atomic E-state index is 12.2. The van der Waals surface area contributed by atoms with Crippen molar-refractivity contribution in [2.75, 3.05) is 7.11 Å². The Labute approximate surface area is 176 Å². The van der Waals surface area contributed by atoms with E-state index in [0.29, 0.717) is 19.4 Å². The van der Waals surface area contributed by atoms with Crippen molar-refractivity contribution in [3.8, 4) is 11.5 Å². The lowest BCUT2D eigenvalue weighted by Gasteiger charge is -2.06. The van der Waals surface area contributed by atoms with Crippen LogP contribution in [0.1, 0.15) is 5.56 Å². The number of nitrogens with one attached hydrogen (secondary N) is 1. The highest BCUT2D eigenvalue weighted by molar-refractivity contribution is 14.1. The van der Waals surface area contributed by atoms with Crippen LogP contribution in [0.25, 0.3) is 6.08 Å². The molecule has 0 unspecified atom stereocenters. The molecule has 25 heavy (non-hydrogen) atoms. The number of aromatic hydroxyl groups is 1. The number of methoxy groups -OCH3 is 1. The molecule has 5 nitrogen and oxygen atoms in total. The van der Waals surface area contributed by atoms with Crippen molar-refractivity contribution in [3.63, 3.8) is 0 Å². The van der Waals surface area contributed by atoms with Gasteiger partial charge in [-0.15, -0.1) is 0 Å². The lowest BCUT2D eigenvalue weighted by Crippen LogP contribution is -2.19. The summed E-state index contributed by atoms with van der Waals surface area (Å²) < 4.78 is 6.93. The number of nitrogens with zero attached hydrogens (tertiary/aromatic N) is 1. The van der Waals surface area contributed by atoms with E-state index in [2.05, 4.69) is 32.9 Å². The van der Waals surface area contributed by atoms with Crippen LogP contribution in [0.5, 0.6) is 11.5 Å². The van der Waals surface area contributed by atoms with E-state index in [0.717, 1.165) is 14.8 Å². The molecular formula is C17H12I2N2O3S. The molecule has 0 bridgehead atoms. The SMILES string of the molecule is COc1cc(/C=C2/SC(=Nc3ccc(I)cc3)NC2=O)cc(I)c1O. The number of thioether (sulfide) groups is 1. The van der Waals surface area contributed by atoms with Crippen LogP contribution in [0.2, 0.25) is 0 Å². The van der Waals surface area contributed by atoms with Crippen LogP contribution in [0.15, 0.2) is 46.3 Å². The van der Waals surface area contributed by atoms with E-state index in [9.17, 15) is 9.90 Å². The first-order valence-electron chi connectivity index (χ1n) is 7.08. The van der Waals surface area contributed by atoms with Crippen molar-refractivity contribution in [2.24, 2.45) is 4.99 Å². The van der Waals surface area contributed by atoms with Crippen molar-refractivity contribution in [2.45, 2.75) is 0 Å². The second-order valence-electron chi connectivity index (χ2n) is 5.01. The zero-order chi connectivity index (χ0) is 18.0. The van der Waals surface area contributed by atoms with Gasteiger partial charge in [0.1, 0.15) is 0 Å². The number of hydrogen-bond donors (Lipinski definition) is 2. The third-order valence-electron chi connectivity index (χ3n) is 3.28. The van der Waals surface area contributed by atoms with E-state index in [4.69, 9.17) is 4.74 Å². The van der Waals surface area contributed by atoms with E-state index in [1.807, 2.05) is 46.9 Å². The molecule has 1 fully saturated rings. The molecule has 0 saturated carbocycles. The highest BCUT2D eigenvalue weighted by Crippen LogP contribution is 2.35. The van der Waals surface area contributed by atoms with Crippen molar-refractivity contribution < 1.29 is 14.6 Å². The number of hydrogen-bond acceptors (Lipinski definition) is 5. The number of rotatable bonds is 3. The number of phenolic OH excluding ortho intramolecular Hbond substituents is 1. The number of amides is 1. The summed E-state index contributed by atoms with van der Waals surface area (Å²) in [5, 5.41) is 13.2. The van der Waals surface area contributed by atoms with Gasteiger partial charge in [-0.3, -0.25) is 4.79 Å². The van der Waals surface area contributed by atoms with Crippen molar-refractivity contribution >= 4 is 79.8 Å². The van der Waals surface area contributed by atoms with Crippen molar-refractivity contribution in [3.05, 3.63) is 54.0 Å². The highest BCUT2D eigenvalue weighted by atomic mass is 127. The van der Waals surface area contributed by atoms with Gasteiger partial charge in [0.25, 0.3) is 5.91 Å². The van der Waals surface area contributed by atoms with Crippen LogP contribution in [-0.4, -0.2) is 23.3 Å². The first kappa shape index (κ1) is 18.5. The molecule has 1 aliphatic rings. The van der Waals surface area contributed by atoms with Crippen LogP contribution < -0.4 is 10.1 Å². The van der Waals surface area contributed by atoms with E-state index in [-0.39, 0.29) is 11.7 Å². The van der Waals surface area contributed by atoms with E-state index < -0.39 is 0 Å². The Morgan fingerprint density at radius 2 is 1.96 bits per heavy atom. The second-order valence-corrected chi connectivity index (χ2v) is 8.45. The lowest BCUT2D eigenvalue weighted by molar-refractivity contribution is -0.115. The van der Waals surface area contributed by atoms with Gasteiger partial charge in [-0.1, -0.05) is 0 Å². The molecule has 0 radical (unpaired) electrons. The number of carbonyl (C=O) groups is 1. The van der Waals surface area contributed by atoms with E-state index >= 15 is 0 Å². The third-order valence-corrected chi connectivity index (χ3v) is 5.73. The minimum Gasteiger partial charge on any atom is -0.504 e. The summed E-state index contributed by atoms with van der Waals surface area (Å²) >= 11 is 5.53. The number of amidine groups is 1. The van der Waals surface area contributed by atoms with Gasteiger partial charge >= 0.3 is 0 Å². The Hall–Kier alpha value is -1.27. The van der Waals surface area contributed by atoms with Gasteiger partial charge in [0.2, 0.25) is 0 Å². The standard InChI is InChI=1S/C17H12I2N2O3S/c1-24-13-7-9(6-12(19)15(13)22)8-14-16(23)21-17(25-14)20-11-4-2-10(18)3-5-11/h2-8,22H,1H3,(H,20,21,23)/b14-8+. The zero-order valence-corrected chi connectivity index (χ0v) is 18.0. The minimum absolute atomic E-state index is 0.0923. The summed E-state index contributed by atoms with van der Waals surface area (Å²) in [7, 11) is 1.49. The number of ether oxygens (including phenoxy) is 1. The van der Waals surface area contributed by atoms with Crippen LogP contribution in [-0.2, 0) is 4.79 Å². The third kappa shape index (κ3) is 4.47. The number of aliphatic imine (C=N–C) groups is 1. The zero-order valence-electron chi connectivity index (χ0n) is 12.9. The van der Waals surface area contributed by atoms with Crippen LogP contribution >= 0.6 is 56.9 Å². The Kier molecular flexibility index (Phi) is 5.89. The van der Waals surface area contributed by atoms with Gasteiger partial charge in [-0.25, -0.2) is 4.99 Å². The van der Waals surface area contributed by atoms with Crippen LogP contribution in [0.3, 0.4) is 0 Å². The molecule has 1 saturated heterocycles. The largest absolute Gasteiger partial charge is 0.504 e. The predicted molar refractivity (Wildman–Crippen MR) is 117 cm³/mol. The Balaban J connectivity index is 1.86. The molecule has 0 aliphatic carbocycles. The first-order valence-corrected chi connectivity index (χ1v) is 10.1. The molecule has 1 heterocycles. The average Bonchev–Trinajstić information content (AvgIpc) is 2.92. The summed E-state index contributed by atoms with van der Waals surface area (Å²) in [4.78, 5) is 17.2. The molecule has 8 heteroatoms. The Bertz CT molecular complexity index is 896. The molecule has 128 valence electrons. The van der Waals surface area contributed by atoms with E-state index in [1.165, 1.54) is 18.9 Å². The fraction of sp³-hybridized carbons (Fsp3) is 0.0588. The molecule has 3 rings (SSSR count). The summed E-state index contributed by atoms with van der Waals surface area (Å²) in [5.74, 6) is 0.265. The number of phenols is 1. The molecule has 1 amide bonds. The normalized spacial score (nSPS) is 17.2. The average molecular weight is 578 g/mol. The highest BCUT2D eigenvalue weighted by Gasteiger charge is 2.24. The lowest BCUT2D eigenvalue weighted by atomic mass is 10.2. The summed E-state index contributed by atoms with van der Waals surface area (Å²) in [6.45, 7) is 0. The van der Waals surface area contributed by atoms with E-state index in [1.54, 1.807) is 18.2 Å². The monoisotopic (exact) mass is 578 g/mol. The fourth-order valence-corrected chi connectivity index (χ4v) is 3.92. The Morgan fingerprint density at radius 1 is 1.24 bits per heavy atom. The predicted octanol–water partition coefficient (Wildman–Crippen LogP) is 4.50. The second kappa shape index (κ2) is 7.96. The van der Waals surface area contributed by atoms with Gasteiger partial charge in [-0.05, 0) is 105 Å². The minimum atomic E-state index is -0.198. The van der Waals surface area contributed by atoms with Gasteiger partial charge in [-0.2, -0.15) is 0 Å². The maximum Gasteiger partial charge on any atom is 0.264 e. The Morgan fingerprint density at radius 3 is 2.64 bits per heavy atom. The van der Waals surface area contributed by atoms with Crippen molar-refractivity contribution in [1.82, 2.24) is 5.32 Å². The summed E-state index contributed by atoms with van der Waals surface area (Å²) in [6, 6.07) is 11.2. The molecule has 0 aromatic heterocycles. The maximum absolute atomic E-state index is 12.2. The summed E-state index contributed by atoms with van der Waals surface area (Å²) in [5.41, 5.74) is 1.55. The number of halogens is 2. The first-order chi connectivity index (χ1) is 12.0. The smallest absolute Gasteiger partial charge is 0.264 e. The molecule has 1 aliphatic heterocycles. The molecule has 2 N–H and O–H groups in total.